The number of aromatic nitrogens is 2. The Bertz CT molecular complexity index is 671. The molecule has 0 spiro atoms. The van der Waals surface area contributed by atoms with Crippen molar-refractivity contribution in [3.05, 3.63) is 28.2 Å². The van der Waals surface area contributed by atoms with Gasteiger partial charge in [-0.15, -0.1) is 0 Å². The summed E-state index contributed by atoms with van der Waals surface area (Å²) in [4.78, 5) is 40.0. The van der Waals surface area contributed by atoms with Crippen LogP contribution in [0.5, 0.6) is 0 Å². The third kappa shape index (κ3) is 3.49. The van der Waals surface area contributed by atoms with E-state index in [4.69, 9.17) is 0 Å². The second-order valence-corrected chi connectivity index (χ2v) is 6.63. The third-order valence-corrected chi connectivity index (χ3v) is 5.01. The Balaban J connectivity index is 1.58. The minimum atomic E-state index is -0.241. The normalized spacial score (nSPS) is 19.4. The minimum absolute atomic E-state index is 0.173. The molecule has 2 heterocycles. The Morgan fingerprint density at radius 2 is 1.62 bits per heavy atom. The van der Waals surface area contributed by atoms with Crippen LogP contribution in [0.4, 0.5) is 0 Å². The van der Waals surface area contributed by atoms with E-state index >= 15 is 0 Å². The van der Waals surface area contributed by atoms with E-state index in [-0.39, 0.29) is 29.0 Å². The van der Waals surface area contributed by atoms with Crippen LogP contribution in [0.2, 0.25) is 0 Å². The first kappa shape index (κ1) is 16.7. The fraction of sp³-hybridized carbons (Fsp3) is 0.647. The molecule has 7 nitrogen and oxygen atoms in total. The van der Waals surface area contributed by atoms with Crippen LogP contribution in [0, 0.1) is 5.92 Å². The van der Waals surface area contributed by atoms with Crippen LogP contribution in [-0.4, -0.2) is 57.6 Å². The fourth-order valence-electron chi connectivity index (χ4n) is 3.52. The lowest BCUT2D eigenvalue weighted by Gasteiger charge is -2.37. The molecule has 1 aliphatic carbocycles. The number of rotatable bonds is 2. The predicted molar refractivity (Wildman–Crippen MR) is 88.5 cm³/mol. The SMILES string of the molecule is Cn1nc(C(=O)N2CCN(C(=O)C3CCCCC3)CC2)ccc1=O. The van der Waals surface area contributed by atoms with E-state index in [0.29, 0.717) is 26.2 Å². The van der Waals surface area contributed by atoms with Crippen molar-refractivity contribution < 1.29 is 9.59 Å². The number of amides is 2. The van der Waals surface area contributed by atoms with Crippen LogP contribution in [0.1, 0.15) is 42.6 Å². The standard InChI is InChI=1S/C17H24N4O3/c1-19-15(22)8-7-14(18-19)17(24)21-11-9-20(10-12-21)16(23)13-5-3-2-4-6-13/h7-8,13H,2-6,9-12H2,1H3. The van der Waals surface area contributed by atoms with E-state index in [1.807, 2.05) is 4.90 Å². The lowest BCUT2D eigenvalue weighted by atomic mass is 9.88. The van der Waals surface area contributed by atoms with Crippen molar-refractivity contribution in [2.24, 2.45) is 13.0 Å². The van der Waals surface area contributed by atoms with Gasteiger partial charge in [0.25, 0.3) is 11.5 Å². The van der Waals surface area contributed by atoms with Gasteiger partial charge >= 0.3 is 0 Å². The number of nitrogens with zero attached hydrogens (tertiary/aromatic N) is 4. The molecule has 1 aromatic rings. The van der Waals surface area contributed by atoms with Crippen LogP contribution >= 0.6 is 0 Å². The molecule has 0 unspecified atom stereocenters. The molecular formula is C17H24N4O3. The van der Waals surface area contributed by atoms with E-state index in [9.17, 15) is 14.4 Å². The van der Waals surface area contributed by atoms with Gasteiger partial charge in [0.1, 0.15) is 5.69 Å². The molecule has 1 aliphatic heterocycles. The predicted octanol–water partition coefficient (Wildman–Crippen LogP) is 0.645. The summed E-state index contributed by atoms with van der Waals surface area (Å²) in [7, 11) is 1.53. The average Bonchev–Trinajstić information content (AvgIpc) is 2.63. The van der Waals surface area contributed by atoms with E-state index in [1.54, 1.807) is 4.90 Å². The van der Waals surface area contributed by atoms with Crippen LogP contribution < -0.4 is 5.56 Å². The topological polar surface area (TPSA) is 75.5 Å². The Morgan fingerprint density at radius 3 is 2.25 bits per heavy atom. The molecule has 0 bridgehead atoms. The van der Waals surface area contributed by atoms with Crippen molar-refractivity contribution in [3.63, 3.8) is 0 Å². The van der Waals surface area contributed by atoms with Gasteiger partial charge in [-0.1, -0.05) is 19.3 Å². The molecule has 2 fully saturated rings. The van der Waals surface area contributed by atoms with Gasteiger partial charge in [-0.2, -0.15) is 5.10 Å². The highest BCUT2D eigenvalue weighted by Gasteiger charge is 2.30. The molecule has 2 aliphatic rings. The number of hydrogen-bond donors (Lipinski definition) is 0. The van der Waals surface area contributed by atoms with Crippen molar-refractivity contribution in [3.8, 4) is 0 Å². The van der Waals surface area contributed by atoms with E-state index in [0.717, 1.165) is 30.4 Å². The molecular weight excluding hydrogens is 308 g/mol. The van der Waals surface area contributed by atoms with Crippen LogP contribution in [0.25, 0.3) is 0 Å². The highest BCUT2D eigenvalue weighted by Crippen LogP contribution is 2.25. The Labute approximate surface area is 141 Å². The zero-order valence-electron chi connectivity index (χ0n) is 14.1. The van der Waals surface area contributed by atoms with Gasteiger partial charge in [0.05, 0.1) is 0 Å². The van der Waals surface area contributed by atoms with Crippen molar-refractivity contribution in [2.45, 2.75) is 32.1 Å². The van der Waals surface area contributed by atoms with Crippen LogP contribution in [0.15, 0.2) is 16.9 Å². The third-order valence-electron chi connectivity index (χ3n) is 5.01. The second-order valence-electron chi connectivity index (χ2n) is 6.63. The molecule has 1 saturated carbocycles. The maximum Gasteiger partial charge on any atom is 0.274 e. The summed E-state index contributed by atoms with van der Waals surface area (Å²) in [5.41, 5.74) is 0.0265. The molecule has 0 N–H and O–H groups in total. The van der Waals surface area contributed by atoms with E-state index in [1.165, 1.54) is 25.6 Å². The largest absolute Gasteiger partial charge is 0.339 e. The van der Waals surface area contributed by atoms with Crippen molar-refractivity contribution in [1.82, 2.24) is 19.6 Å². The molecule has 0 radical (unpaired) electrons. The summed E-state index contributed by atoms with van der Waals surface area (Å²) in [5.74, 6) is 0.240. The van der Waals surface area contributed by atoms with Crippen LogP contribution in [-0.2, 0) is 11.8 Å². The Morgan fingerprint density at radius 1 is 1.00 bits per heavy atom. The first-order chi connectivity index (χ1) is 11.6. The lowest BCUT2D eigenvalue weighted by Crippen LogP contribution is -2.52. The number of aryl methyl sites for hydroxylation is 1. The number of piperazine rings is 1. The first-order valence-electron chi connectivity index (χ1n) is 8.68. The summed E-state index contributed by atoms with van der Waals surface area (Å²) in [6, 6.07) is 2.81. The molecule has 0 aromatic carbocycles. The monoisotopic (exact) mass is 332 g/mol. The number of carbonyl (C=O) groups excluding carboxylic acids is 2. The Hall–Kier alpha value is -2.18. The van der Waals surface area contributed by atoms with Crippen LogP contribution in [0.3, 0.4) is 0 Å². The average molecular weight is 332 g/mol. The van der Waals surface area contributed by atoms with Crippen molar-refractivity contribution in [2.75, 3.05) is 26.2 Å². The van der Waals surface area contributed by atoms with Gasteiger partial charge < -0.3 is 9.80 Å². The fourth-order valence-corrected chi connectivity index (χ4v) is 3.52. The lowest BCUT2D eigenvalue weighted by molar-refractivity contribution is -0.138. The maximum atomic E-state index is 12.6. The maximum absolute atomic E-state index is 12.6. The summed E-state index contributed by atoms with van der Waals surface area (Å²) >= 11 is 0. The number of carbonyl (C=O) groups is 2. The minimum Gasteiger partial charge on any atom is -0.339 e. The van der Waals surface area contributed by atoms with Gasteiger partial charge in [0, 0.05) is 45.2 Å². The summed E-state index contributed by atoms with van der Waals surface area (Å²) in [6.45, 7) is 2.18. The highest BCUT2D eigenvalue weighted by atomic mass is 16.2. The second kappa shape index (κ2) is 7.15. The van der Waals surface area contributed by atoms with Crippen molar-refractivity contribution in [1.29, 1.82) is 0 Å². The van der Waals surface area contributed by atoms with Gasteiger partial charge in [0.2, 0.25) is 5.91 Å². The zero-order chi connectivity index (χ0) is 17.1. The van der Waals surface area contributed by atoms with Gasteiger partial charge in [-0.3, -0.25) is 14.4 Å². The summed E-state index contributed by atoms with van der Waals surface area (Å²) in [6.07, 6.45) is 5.53. The molecule has 7 heteroatoms. The van der Waals surface area contributed by atoms with E-state index in [2.05, 4.69) is 5.10 Å². The molecule has 3 rings (SSSR count). The van der Waals surface area contributed by atoms with Gasteiger partial charge in [-0.05, 0) is 18.9 Å². The molecule has 24 heavy (non-hydrogen) atoms. The molecule has 1 saturated heterocycles. The molecule has 2 amide bonds. The summed E-state index contributed by atoms with van der Waals surface area (Å²) < 4.78 is 1.16. The van der Waals surface area contributed by atoms with Gasteiger partial charge in [0.15, 0.2) is 0 Å². The van der Waals surface area contributed by atoms with E-state index < -0.39 is 0 Å². The first-order valence-corrected chi connectivity index (χ1v) is 8.68. The summed E-state index contributed by atoms with van der Waals surface area (Å²) in [5, 5.41) is 4.01. The quantitative estimate of drug-likeness (QED) is 0.797. The molecule has 130 valence electrons. The molecule has 1 aromatic heterocycles. The molecule has 0 atom stereocenters. The highest BCUT2D eigenvalue weighted by molar-refractivity contribution is 5.92. The number of hydrogen-bond acceptors (Lipinski definition) is 4. The van der Waals surface area contributed by atoms with Gasteiger partial charge in [-0.25, -0.2) is 4.68 Å². The van der Waals surface area contributed by atoms with Crippen molar-refractivity contribution >= 4 is 11.8 Å². The zero-order valence-corrected chi connectivity index (χ0v) is 14.1. The Kier molecular flexibility index (Phi) is 4.97. The smallest absolute Gasteiger partial charge is 0.274 e.